The first-order valence-corrected chi connectivity index (χ1v) is 12.5. The minimum absolute atomic E-state index is 0.0636. The molecule has 3 nitrogen and oxygen atoms in total. The van der Waals surface area contributed by atoms with Crippen molar-refractivity contribution in [2.75, 3.05) is 19.6 Å². The Bertz CT molecular complexity index is 1320. The summed E-state index contributed by atoms with van der Waals surface area (Å²) in [5, 5.41) is 4.54. The van der Waals surface area contributed by atoms with E-state index < -0.39 is 11.6 Å². The summed E-state index contributed by atoms with van der Waals surface area (Å²) in [6.07, 6.45) is 2.77. The number of nitrogens with one attached hydrogen (secondary N) is 1. The van der Waals surface area contributed by atoms with Crippen LogP contribution in [0.15, 0.2) is 79.5 Å². The Morgan fingerprint density at radius 3 is 2.39 bits per heavy atom. The quantitative estimate of drug-likeness (QED) is 0.252. The molecule has 0 saturated heterocycles. The number of hydrogen-bond acceptors (Lipinski definition) is 3. The zero-order valence-electron chi connectivity index (χ0n) is 21.2. The Balaban J connectivity index is 1.40. The lowest BCUT2D eigenvalue weighted by atomic mass is 10.0. The van der Waals surface area contributed by atoms with Crippen LogP contribution in [-0.4, -0.2) is 29.5 Å². The molecule has 1 aromatic heterocycles. The van der Waals surface area contributed by atoms with E-state index in [9.17, 15) is 8.78 Å². The van der Waals surface area contributed by atoms with Crippen LogP contribution in [0.5, 0.6) is 0 Å². The van der Waals surface area contributed by atoms with Crippen LogP contribution in [0.3, 0.4) is 0 Å². The Labute approximate surface area is 212 Å². The van der Waals surface area contributed by atoms with Gasteiger partial charge in [-0.3, -0.25) is 9.88 Å². The highest BCUT2D eigenvalue weighted by Crippen LogP contribution is 2.28. The average Bonchev–Trinajstić information content (AvgIpc) is 2.90. The van der Waals surface area contributed by atoms with Crippen molar-refractivity contribution < 1.29 is 8.78 Å². The third-order valence-corrected chi connectivity index (χ3v) is 6.76. The highest BCUT2D eigenvalue weighted by Gasteiger charge is 2.18. The van der Waals surface area contributed by atoms with Gasteiger partial charge in [-0.05, 0) is 61.7 Å². The van der Waals surface area contributed by atoms with Crippen molar-refractivity contribution in [2.24, 2.45) is 0 Å². The molecule has 3 aromatic carbocycles. The van der Waals surface area contributed by atoms with E-state index in [1.165, 1.54) is 19.1 Å². The molecule has 1 atom stereocenters. The molecule has 0 aliphatic heterocycles. The second-order valence-corrected chi connectivity index (χ2v) is 9.18. The first-order valence-electron chi connectivity index (χ1n) is 12.5. The van der Waals surface area contributed by atoms with Crippen LogP contribution < -0.4 is 5.32 Å². The molecular weight excluding hydrogens is 452 g/mol. The minimum Gasteiger partial charge on any atom is -0.384 e. The van der Waals surface area contributed by atoms with Gasteiger partial charge < -0.3 is 5.32 Å². The topological polar surface area (TPSA) is 28.2 Å². The van der Waals surface area contributed by atoms with Crippen molar-refractivity contribution in [3.63, 3.8) is 0 Å². The van der Waals surface area contributed by atoms with Crippen LogP contribution >= 0.6 is 0 Å². The van der Waals surface area contributed by atoms with Crippen LogP contribution in [0.25, 0.3) is 27.7 Å². The molecule has 0 amide bonds. The first-order chi connectivity index (χ1) is 17.4. The normalized spacial score (nSPS) is 12.2. The van der Waals surface area contributed by atoms with Crippen molar-refractivity contribution in [1.82, 2.24) is 15.2 Å². The molecule has 36 heavy (non-hydrogen) atoms. The molecule has 1 N–H and O–H groups in total. The Morgan fingerprint density at radius 1 is 1.00 bits per heavy atom. The summed E-state index contributed by atoms with van der Waals surface area (Å²) in [4.78, 5) is 6.80. The van der Waals surface area contributed by atoms with Gasteiger partial charge >= 0.3 is 0 Å². The van der Waals surface area contributed by atoms with Crippen LogP contribution in [0.4, 0.5) is 8.78 Å². The molecule has 4 rings (SSSR count). The van der Waals surface area contributed by atoms with Gasteiger partial charge in [-0.25, -0.2) is 8.78 Å². The Morgan fingerprint density at radius 2 is 1.69 bits per heavy atom. The molecule has 0 saturated carbocycles. The van der Waals surface area contributed by atoms with E-state index in [1.54, 1.807) is 0 Å². The van der Waals surface area contributed by atoms with E-state index in [-0.39, 0.29) is 11.6 Å². The van der Waals surface area contributed by atoms with Gasteiger partial charge in [-0.2, -0.15) is 0 Å². The van der Waals surface area contributed by atoms with Gasteiger partial charge in [0.15, 0.2) is 0 Å². The van der Waals surface area contributed by atoms with Crippen LogP contribution in [-0.2, 0) is 0 Å². The highest BCUT2D eigenvalue weighted by molar-refractivity contribution is 5.93. The van der Waals surface area contributed by atoms with Gasteiger partial charge in [0.1, 0.15) is 11.6 Å². The SMILES string of the molecule is C=C(NCCN(CCC)C(C)c1cc(F)c(C)c(F)c1)c1ccc(-c2cccc3cccnc23)cc1. The molecule has 1 heterocycles. The molecular formula is C31H33F2N3. The number of nitrogens with zero attached hydrogens (tertiary/aromatic N) is 2. The number of halogens is 2. The van der Waals surface area contributed by atoms with E-state index in [1.807, 2.05) is 19.2 Å². The predicted molar refractivity (Wildman–Crippen MR) is 146 cm³/mol. The zero-order valence-corrected chi connectivity index (χ0v) is 21.2. The second kappa shape index (κ2) is 11.4. The first kappa shape index (κ1) is 25.5. The van der Waals surface area contributed by atoms with Gasteiger partial charge in [-0.15, -0.1) is 0 Å². The molecule has 1 unspecified atom stereocenters. The van der Waals surface area contributed by atoms with E-state index in [0.717, 1.165) is 52.8 Å². The summed E-state index contributed by atoms with van der Waals surface area (Å²) in [7, 11) is 0. The Kier molecular flexibility index (Phi) is 8.11. The minimum atomic E-state index is -0.498. The fraction of sp³-hybridized carbons (Fsp3) is 0.258. The lowest BCUT2D eigenvalue weighted by Crippen LogP contribution is -2.34. The summed E-state index contributed by atoms with van der Waals surface area (Å²) in [5.74, 6) is -0.995. The summed E-state index contributed by atoms with van der Waals surface area (Å²) in [6, 6.07) is 21.4. The number of aromatic nitrogens is 1. The fourth-order valence-corrected chi connectivity index (χ4v) is 4.54. The molecule has 0 aliphatic rings. The number of pyridine rings is 1. The number of rotatable bonds is 10. The summed E-state index contributed by atoms with van der Waals surface area (Å²) < 4.78 is 28.2. The third-order valence-electron chi connectivity index (χ3n) is 6.76. The summed E-state index contributed by atoms with van der Waals surface area (Å²) in [5.41, 5.74) is 5.78. The van der Waals surface area contributed by atoms with E-state index in [0.29, 0.717) is 12.1 Å². The van der Waals surface area contributed by atoms with Crippen molar-refractivity contribution in [2.45, 2.75) is 33.2 Å². The maximum absolute atomic E-state index is 14.1. The van der Waals surface area contributed by atoms with E-state index >= 15 is 0 Å². The fourth-order valence-electron chi connectivity index (χ4n) is 4.54. The van der Waals surface area contributed by atoms with Gasteiger partial charge in [0.05, 0.1) is 5.52 Å². The highest BCUT2D eigenvalue weighted by atomic mass is 19.1. The summed E-state index contributed by atoms with van der Waals surface area (Å²) >= 11 is 0. The number of fused-ring (bicyclic) bond motifs is 1. The van der Waals surface area contributed by atoms with Crippen molar-refractivity contribution in [3.8, 4) is 11.1 Å². The molecule has 4 aromatic rings. The predicted octanol–water partition coefficient (Wildman–Crippen LogP) is 7.52. The van der Waals surface area contributed by atoms with Crippen molar-refractivity contribution in [1.29, 1.82) is 0 Å². The smallest absolute Gasteiger partial charge is 0.129 e. The number of para-hydroxylation sites is 1. The lowest BCUT2D eigenvalue weighted by Gasteiger charge is -2.29. The number of hydrogen-bond donors (Lipinski definition) is 1. The molecule has 0 bridgehead atoms. The zero-order chi connectivity index (χ0) is 25.7. The van der Waals surface area contributed by atoms with Gasteiger partial charge in [0, 0.05) is 47.5 Å². The van der Waals surface area contributed by atoms with Gasteiger partial charge in [0.2, 0.25) is 0 Å². The van der Waals surface area contributed by atoms with E-state index in [2.05, 4.69) is 77.2 Å². The standard InChI is InChI=1S/C31H33F2N3/c1-5-17-36(23(4)27-19-29(32)21(2)30(33)20-27)18-16-34-22(3)24-11-13-25(14-12-24)28-10-6-8-26-9-7-15-35-31(26)28/h6-15,19-20,23,34H,3,5,16-18H2,1-2,4H3. The molecule has 0 spiro atoms. The van der Waals surface area contributed by atoms with Gasteiger partial charge in [-0.1, -0.05) is 62.0 Å². The molecule has 0 radical (unpaired) electrons. The largest absolute Gasteiger partial charge is 0.384 e. The average molecular weight is 486 g/mol. The maximum atomic E-state index is 14.1. The number of benzene rings is 3. The van der Waals surface area contributed by atoms with E-state index in [4.69, 9.17) is 0 Å². The van der Waals surface area contributed by atoms with Crippen molar-refractivity contribution >= 4 is 16.6 Å². The molecule has 186 valence electrons. The monoisotopic (exact) mass is 485 g/mol. The van der Waals surface area contributed by atoms with Crippen LogP contribution in [0, 0.1) is 18.6 Å². The summed E-state index contributed by atoms with van der Waals surface area (Å²) in [6.45, 7) is 12.0. The molecule has 5 heteroatoms. The van der Waals surface area contributed by atoms with Crippen LogP contribution in [0.2, 0.25) is 0 Å². The van der Waals surface area contributed by atoms with Crippen molar-refractivity contribution in [3.05, 3.63) is 108 Å². The maximum Gasteiger partial charge on any atom is 0.129 e. The van der Waals surface area contributed by atoms with Crippen LogP contribution in [0.1, 0.15) is 43.0 Å². The Hall–Kier alpha value is -3.57. The lowest BCUT2D eigenvalue weighted by molar-refractivity contribution is 0.213. The molecule has 0 fully saturated rings. The second-order valence-electron chi connectivity index (χ2n) is 9.18. The third kappa shape index (κ3) is 5.63. The molecule has 0 aliphatic carbocycles. The van der Waals surface area contributed by atoms with Gasteiger partial charge in [0.25, 0.3) is 0 Å².